The van der Waals surface area contributed by atoms with Crippen molar-refractivity contribution in [3.63, 3.8) is 0 Å². The van der Waals surface area contributed by atoms with Crippen molar-refractivity contribution >= 4 is 23.3 Å². The van der Waals surface area contributed by atoms with Crippen molar-refractivity contribution in [2.24, 2.45) is 0 Å². The van der Waals surface area contributed by atoms with Crippen LogP contribution in [0, 0.1) is 0 Å². The lowest BCUT2D eigenvalue weighted by atomic mass is 9.85. The van der Waals surface area contributed by atoms with Crippen LogP contribution in [0.1, 0.15) is 44.9 Å². The molecule has 0 aromatic heterocycles. The van der Waals surface area contributed by atoms with Gasteiger partial charge in [-0.25, -0.2) is 4.79 Å². The number of benzene rings is 1. The van der Waals surface area contributed by atoms with Crippen LogP contribution < -0.4 is 10.6 Å². The van der Waals surface area contributed by atoms with Crippen molar-refractivity contribution in [1.29, 1.82) is 0 Å². The summed E-state index contributed by atoms with van der Waals surface area (Å²) in [6.45, 7) is 12.1. The van der Waals surface area contributed by atoms with Crippen molar-refractivity contribution in [1.82, 2.24) is 10.6 Å². The fraction of sp³-hybridized carbons (Fsp3) is 0.368. The molecule has 0 saturated heterocycles. The number of esters is 1. The van der Waals surface area contributed by atoms with E-state index >= 15 is 0 Å². The van der Waals surface area contributed by atoms with Gasteiger partial charge in [0.1, 0.15) is 6.61 Å². The molecule has 4 nitrogen and oxygen atoms in total. The van der Waals surface area contributed by atoms with Crippen LogP contribution >= 0.6 is 12.2 Å². The predicted octanol–water partition coefficient (Wildman–Crippen LogP) is 3.51. The second-order valence-corrected chi connectivity index (χ2v) is 7.24. The zero-order valence-corrected chi connectivity index (χ0v) is 15.4. The van der Waals surface area contributed by atoms with Gasteiger partial charge in [-0.05, 0) is 35.7 Å². The summed E-state index contributed by atoms with van der Waals surface area (Å²) in [7, 11) is 0. The highest BCUT2D eigenvalue weighted by atomic mass is 32.1. The van der Waals surface area contributed by atoms with Gasteiger partial charge in [-0.15, -0.1) is 0 Å². The van der Waals surface area contributed by atoms with Gasteiger partial charge in [0.05, 0.1) is 11.6 Å². The number of ether oxygens (including phenoxy) is 1. The van der Waals surface area contributed by atoms with E-state index in [2.05, 4.69) is 50.1 Å². The summed E-state index contributed by atoms with van der Waals surface area (Å²) in [5.74, 6) is -0.375. The van der Waals surface area contributed by atoms with E-state index in [0.29, 0.717) is 16.4 Å². The zero-order chi connectivity index (χ0) is 17.9. The number of carbonyl (C=O) groups excluding carboxylic acids is 1. The molecule has 1 atom stereocenters. The van der Waals surface area contributed by atoms with Gasteiger partial charge >= 0.3 is 5.97 Å². The predicted molar refractivity (Wildman–Crippen MR) is 101 cm³/mol. The minimum absolute atomic E-state index is 0.0762. The number of hydrogen-bond donors (Lipinski definition) is 2. The van der Waals surface area contributed by atoms with E-state index in [4.69, 9.17) is 17.0 Å². The normalized spacial score (nSPS) is 17.8. The van der Waals surface area contributed by atoms with Gasteiger partial charge in [0.2, 0.25) is 0 Å². The van der Waals surface area contributed by atoms with Crippen molar-refractivity contribution in [3.05, 3.63) is 59.3 Å². The van der Waals surface area contributed by atoms with E-state index in [1.807, 2.05) is 19.1 Å². The number of nitrogens with one attached hydrogen (secondary N) is 2. The molecule has 0 bridgehead atoms. The molecule has 0 spiro atoms. The highest BCUT2D eigenvalue weighted by Crippen LogP contribution is 2.30. The van der Waals surface area contributed by atoms with Gasteiger partial charge in [-0.1, -0.05) is 57.7 Å². The van der Waals surface area contributed by atoms with Crippen LogP contribution in [0.25, 0.3) is 0 Å². The molecule has 1 aliphatic heterocycles. The van der Waals surface area contributed by atoms with Crippen LogP contribution in [0.4, 0.5) is 0 Å². The van der Waals surface area contributed by atoms with E-state index in [1.54, 1.807) is 6.08 Å². The molecule has 0 saturated carbocycles. The first-order chi connectivity index (χ1) is 11.2. The van der Waals surface area contributed by atoms with Crippen LogP contribution in [-0.4, -0.2) is 17.7 Å². The van der Waals surface area contributed by atoms with Crippen molar-refractivity contribution in [3.8, 4) is 0 Å². The molecule has 2 rings (SSSR count). The lowest BCUT2D eigenvalue weighted by Gasteiger charge is -2.30. The van der Waals surface area contributed by atoms with Crippen LogP contribution in [0.15, 0.2) is 48.2 Å². The van der Waals surface area contributed by atoms with E-state index in [0.717, 1.165) is 5.56 Å². The van der Waals surface area contributed by atoms with Crippen molar-refractivity contribution < 1.29 is 9.53 Å². The maximum atomic E-state index is 12.4. The third kappa shape index (κ3) is 4.03. The fourth-order valence-corrected chi connectivity index (χ4v) is 2.87. The lowest BCUT2D eigenvalue weighted by Crippen LogP contribution is -2.45. The molecular formula is C19H24N2O2S. The monoisotopic (exact) mass is 344 g/mol. The first-order valence-electron chi connectivity index (χ1n) is 7.90. The Labute approximate surface area is 149 Å². The summed E-state index contributed by atoms with van der Waals surface area (Å²) >= 11 is 5.25. The molecule has 5 heteroatoms. The molecule has 1 aromatic carbocycles. The Kier molecular flexibility index (Phi) is 5.44. The summed E-state index contributed by atoms with van der Waals surface area (Å²) in [5.41, 5.74) is 3.52. The van der Waals surface area contributed by atoms with E-state index in [1.165, 1.54) is 5.56 Å². The minimum Gasteiger partial charge on any atom is -0.458 e. The van der Waals surface area contributed by atoms with Gasteiger partial charge in [-0.2, -0.15) is 0 Å². The van der Waals surface area contributed by atoms with E-state index in [-0.39, 0.29) is 24.0 Å². The fourth-order valence-electron chi connectivity index (χ4n) is 2.60. The second kappa shape index (κ2) is 7.18. The molecule has 0 radical (unpaired) electrons. The van der Waals surface area contributed by atoms with Crippen LogP contribution in [0.3, 0.4) is 0 Å². The summed E-state index contributed by atoms with van der Waals surface area (Å²) < 4.78 is 5.23. The third-order valence-corrected chi connectivity index (χ3v) is 4.15. The summed E-state index contributed by atoms with van der Waals surface area (Å²) in [4.78, 5) is 12.4. The summed E-state index contributed by atoms with van der Waals surface area (Å²) in [5, 5.41) is 6.66. The molecule has 0 amide bonds. The molecule has 0 unspecified atom stereocenters. The van der Waals surface area contributed by atoms with Gasteiger partial charge in [-0.3, -0.25) is 0 Å². The molecule has 128 valence electrons. The van der Waals surface area contributed by atoms with Crippen LogP contribution in [-0.2, 0) is 14.9 Å². The summed E-state index contributed by atoms with van der Waals surface area (Å²) in [6, 6.07) is 7.90. The Morgan fingerprint density at radius 3 is 2.50 bits per heavy atom. The molecule has 24 heavy (non-hydrogen) atoms. The van der Waals surface area contributed by atoms with Gasteiger partial charge in [0, 0.05) is 5.70 Å². The minimum atomic E-state index is -0.375. The quantitative estimate of drug-likeness (QED) is 0.497. The molecule has 2 N–H and O–H groups in total. The highest BCUT2D eigenvalue weighted by molar-refractivity contribution is 7.80. The summed E-state index contributed by atoms with van der Waals surface area (Å²) in [6.07, 6.45) is 1.55. The van der Waals surface area contributed by atoms with Gasteiger partial charge in [0.25, 0.3) is 0 Å². The zero-order valence-electron chi connectivity index (χ0n) is 14.6. The number of hydrogen-bond acceptors (Lipinski definition) is 3. The molecule has 0 aliphatic carbocycles. The Hall–Kier alpha value is -2.14. The average molecular weight is 344 g/mol. The van der Waals surface area contributed by atoms with Crippen LogP contribution in [0.2, 0.25) is 0 Å². The maximum Gasteiger partial charge on any atom is 0.338 e. The van der Waals surface area contributed by atoms with Crippen molar-refractivity contribution in [2.45, 2.75) is 39.2 Å². The molecule has 1 aromatic rings. The number of carbonyl (C=O) groups is 1. The standard InChI is InChI=1S/C19H24N2O2S/c1-6-11-23-17(22)15-12(2)20-18(24)21-16(15)13-7-9-14(10-8-13)19(3,4)5/h6-10,16H,1,11H2,2-5H3,(H2,20,21,24)/t16-/m1/s1. The largest absolute Gasteiger partial charge is 0.458 e. The Morgan fingerprint density at radius 1 is 1.33 bits per heavy atom. The topological polar surface area (TPSA) is 50.4 Å². The maximum absolute atomic E-state index is 12.4. The molecule has 1 aliphatic rings. The SMILES string of the molecule is C=CCOC(=O)C1=C(C)NC(=S)N[C@@H]1c1ccc(C(C)(C)C)cc1. The Bertz CT molecular complexity index is 684. The number of rotatable bonds is 4. The second-order valence-electron chi connectivity index (χ2n) is 6.83. The smallest absolute Gasteiger partial charge is 0.338 e. The van der Waals surface area contributed by atoms with Crippen LogP contribution in [0.5, 0.6) is 0 Å². The third-order valence-electron chi connectivity index (χ3n) is 3.93. The first kappa shape index (κ1) is 18.2. The van der Waals surface area contributed by atoms with E-state index in [9.17, 15) is 4.79 Å². The Balaban J connectivity index is 2.37. The molecular weight excluding hydrogens is 320 g/mol. The molecule has 0 fully saturated rings. The highest BCUT2D eigenvalue weighted by Gasteiger charge is 2.31. The lowest BCUT2D eigenvalue weighted by molar-refractivity contribution is -0.138. The number of allylic oxidation sites excluding steroid dienone is 1. The van der Waals surface area contributed by atoms with Crippen molar-refractivity contribution in [2.75, 3.05) is 6.61 Å². The van der Waals surface area contributed by atoms with Gasteiger partial charge < -0.3 is 15.4 Å². The average Bonchev–Trinajstić information content (AvgIpc) is 2.51. The molecule has 1 heterocycles. The first-order valence-corrected chi connectivity index (χ1v) is 8.31. The number of thiocarbonyl (C=S) groups is 1. The Morgan fingerprint density at radius 2 is 1.96 bits per heavy atom. The van der Waals surface area contributed by atoms with Gasteiger partial charge in [0.15, 0.2) is 5.11 Å². The van der Waals surface area contributed by atoms with E-state index < -0.39 is 0 Å².